The molecule has 0 aliphatic carbocycles. The molecule has 1 saturated heterocycles. The average Bonchev–Trinajstić information content (AvgIpc) is 2.46. The largest absolute Gasteiger partial charge is 0.479 e. The summed E-state index contributed by atoms with van der Waals surface area (Å²) in [5.41, 5.74) is -0.862. The van der Waals surface area contributed by atoms with Crippen molar-refractivity contribution in [3.05, 3.63) is 0 Å². The van der Waals surface area contributed by atoms with Gasteiger partial charge in [0.15, 0.2) is 5.60 Å². The van der Waals surface area contributed by atoms with E-state index in [-0.39, 0.29) is 6.61 Å². The fourth-order valence-electron chi connectivity index (χ4n) is 2.94. The summed E-state index contributed by atoms with van der Waals surface area (Å²) in [6.45, 7) is 0.454. The lowest BCUT2D eigenvalue weighted by Gasteiger charge is -2.37. The van der Waals surface area contributed by atoms with Gasteiger partial charge in [-0.2, -0.15) is 0 Å². The van der Waals surface area contributed by atoms with Gasteiger partial charge in [-0.05, 0) is 19.3 Å². The average molecular weight is 316 g/mol. The van der Waals surface area contributed by atoms with E-state index in [1.807, 2.05) is 0 Å². The minimum atomic E-state index is -0.862. The van der Waals surface area contributed by atoms with Crippen LogP contribution in [0.5, 0.6) is 0 Å². The molecule has 1 aliphatic heterocycles. The van der Waals surface area contributed by atoms with Gasteiger partial charge in [0, 0.05) is 6.42 Å². The maximum atomic E-state index is 11.1. The van der Waals surface area contributed by atoms with Gasteiger partial charge in [0.1, 0.15) is 0 Å². The number of aliphatic hydroxyl groups excluding tert-OH is 2. The fraction of sp³-hybridized carbons (Fsp3) is 0.941. The zero-order valence-corrected chi connectivity index (χ0v) is 13.6. The molecule has 0 amide bonds. The van der Waals surface area contributed by atoms with Gasteiger partial charge in [-0.3, -0.25) is 0 Å². The molecule has 22 heavy (non-hydrogen) atoms. The molecule has 0 bridgehead atoms. The normalized spacial score (nSPS) is 22.3. The maximum absolute atomic E-state index is 11.1. The molecule has 1 heterocycles. The summed E-state index contributed by atoms with van der Waals surface area (Å²) in [7, 11) is 0. The van der Waals surface area contributed by atoms with E-state index in [0.717, 1.165) is 25.7 Å². The number of aliphatic carboxylic acids is 1. The standard InChI is InChI=1S/C17H32O5/c18-14-15(19)10-8-6-4-2-1-3-5-7-9-11-17(16(20)21)12-13-22-17/h15,18-19H,1-14H2,(H,20,21). The first-order valence-electron chi connectivity index (χ1n) is 8.77. The Bertz CT molecular complexity index is 301. The number of hydrogen-bond donors (Lipinski definition) is 3. The van der Waals surface area contributed by atoms with Gasteiger partial charge in [0.2, 0.25) is 0 Å². The summed E-state index contributed by atoms with van der Waals surface area (Å²) >= 11 is 0. The first-order valence-corrected chi connectivity index (χ1v) is 8.77. The number of carbonyl (C=O) groups is 1. The number of carboxylic acids is 1. The molecule has 1 rings (SSSR count). The lowest BCUT2D eigenvalue weighted by atomic mass is 9.88. The number of carboxylic acid groups (broad SMARTS) is 1. The van der Waals surface area contributed by atoms with Crippen LogP contribution in [0.4, 0.5) is 0 Å². The molecular weight excluding hydrogens is 284 g/mol. The first-order chi connectivity index (χ1) is 10.6. The molecule has 1 fully saturated rings. The van der Waals surface area contributed by atoms with Gasteiger partial charge < -0.3 is 20.1 Å². The minimum absolute atomic E-state index is 0.131. The monoisotopic (exact) mass is 316 g/mol. The van der Waals surface area contributed by atoms with E-state index in [4.69, 9.17) is 14.9 Å². The van der Waals surface area contributed by atoms with Gasteiger partial charge in [-0.15, -0.1) is 0 Å². The summed E-state index contributed by atoms with van der Waals surface area (Å²) in [4.78, 5) is 11.1. The number of ether oxygens (including phenoxy) is 1. The molecular formula is C17H32O5. The van der Waals surface area contributed by atoms with Crippen LogP contribution in [0, 0.1) is 0 Å². The number of unbranched alkanes of at least 4 members (excludes halogenated alkanes) is 8. The van der Waals surface area contributed by atoms with Crippen molar-refractivity contribution >= 4 is 5.97 Å². The van der Waals surface area contributed by atoms with Crippen molar-refractivity contribution in [1.82, 2.24) is 0 Å². The van der Waals surface area contributed by atoms with E-state index in [0.29, 0.717) is 25.9 Å². The van der Waals surface area contributed by atoms with E-state index in [1.54, 1.807) is 0 Å². The van der Waals surface area contributed by atoms with Crippen LogP contribution < -0.4 is 0 Å². The van der Waals surface area contributed by atoms with Crippen molar-refractivity contribution < 1.29 is 24.9 Å². The molecule has 0 radical (unpaired) electrons. The second-order valence-electron chi connectivity index (χ2n) is 6.45. The predicted molar refractivity (Wildman–Crippen MR) is 84.8 cm³/mol. The molecule has 1 aliphatic rings. The molecule has 5 nitrogen and oxygen atoms in total. The summed E-state index contributed by atoms with van der Waals surface area (Å²) in [6, 6.07) is 0. The van der Waals surface area contributed by atoms with E-state index in [1.165, 1.54) is 32.1 Å². The first kappa shape index (κ1) is 19.4. The van der Waals surface area contributed by atoms with Gasteiger partial charge in [-0.25, -0.2) is 4.79 Å². The molecule has 130 valence electrons. The SMILES string of the molecule is O=C(O)C1(CCCCCCCCCCCC(O)CO)CCO1. The van der Waals surface area contributed by atoms with Gasteiger partial charge >= 0.3 is 5.97 Å². The van der Waals surface area contributed by atoms with Crippen LogP contribution in [-0.4, -0.2) is 46.2 Å². The summed E-state index contributed by atoms with van der Waals surface area (Å²) in [6.07, 6.45) is 11.6. The maximum Gasteiger partial charge on any atom is 0.336 e. The fourth-order valence-corrected chi connectivity index (χ4v) is 2.94. The van der Waals surface area contributed by atoms with Crippen molar-refractivity contribution in [3.8, 4) is 0 Å². The summed E-state index contributed by atoms with van der Waals surface area (Å²) < 4.78 is 5.25. The third-order valence-electron chi connectivity index (χ3n) is 4.60. The Morgan fingerprint density at radius 3 is 1.91 bits per heavy atom. The van der Waals surface area contributed by atoms with Crippen molar-refractivity contribution in [3.63, 3.8) is 0 Å². The van der Waals surface area contributed by atoms with Crippen LogP contribution in [0.3, 0.4) is 0 Å². The van der Waals surface area contributed by atoms with E-state index in [2.05, 4.69) is 0 Å². The number of aliphatic hydroxyl groups is 2. The Hall–Kier alpha value is -0.650. The topological polar surface area (TPSA) is 87.0 Å². The highest BCUT2D eigenvalue weighted by atomic mass is 16.5. The van der Waals surface area contributed by atoms with Gasteiger partial charge in [0.05, 0.1) is 19.3 Å². The Labute approximate surface area is 133 Å². The van der Waals surface area contributed by atoms with Crippen molar-refractivity contribution in [2.24, 2.45) is 0 Å². The van der Waals surface area contributed by atoms with Gasteiger partial charge in [0.25, 0.3) is 0 Å². The minimum Gasteiger partial charge on any atom is -0.479 e. The van der Waals surface area contributed by atoms with Crippen molar-refractivity contribution in [2.75, 3.05) is 13.2 Å². The highest BCUT2D eigenvalue weighted by molar-refractivity contribution is 5.78. The third kappa shape index (κ3) is 7.07. The summed E-state index contributed by atoms with van der Waals surface area (Å²) in [5.74, 6) is -0.801. The third-order valence-corrected chi connectivity index (χ3v) is 4.60. The molecule has 0 saturated carbocycles. The molecule has 0 aromatic rings. The zero-order valence-electron chi connectivity index (χ0n) is 13.6. The summed E-state index contributed by atoms with van der Waals surface area (Å²) in [5, 5.41) is 27.0. The molecule has 2 atom stereocenters. The lowest BCUT2D eigenvalue weighted by Crippen LogP contribution is -2.50. The van der Waals surface area contributed by atoms with E-state index < -0.39 is 17.7 Å². The molecule has 0 aromatic carbocycles. The molecule has 0 spiro atoms. The number of rotatable bonds is 14. The second-order valence-corrected chi connectivity index (χ2v) is 6.45. The second kappa shape index (κ2) is 11.0. The van der Waals surface area contributed by atoms with Crippen LogP contribution in [-0.2, 0) is 9.53 Å². The number of hydrogen-bond acceptors (Lipinski definition) is 4. The van der Waals surface area contributed by atoms with E-state index >= 15 is 0 Å². The van der Waals surface area contributed by atoms with Crippen molar-refractivity contribution in [2.45, 2.75) is 88.8 Å². The Morgan fingerprint density at radius 1 is 1.00 bits per heavy atom. The van der Waals surface area contributed by atoms with Crippen LogP contribution in [0.25, 0.3) is 0 Å². The van der Waals surface area contributed by atoms with Gasteiger partial charge in [-0.1, -0.05) is 51.4 Å². The van der Waals surface area contributed by atoms with Crippen LogP contribution >= 0.6 is 0 Å². The Kier molecular flexibility index (Phi) is 9.68. The van der Waals surface area contributed by atoms with E-state index in [9.17, 15) is 9.90 Å². The molecule has 2 unspecified atom stereocenters. The Balaban J connectivity index is 1.83. The zero-order chi connectivity index (χ0) is 16.3. The van der Waals surface area contributed by atoms with Crippen LogP contribution in [0.2, 0.25) is 0 Å². The highest BCUT2D eigenvalue weighted by Gasteiger charge is 2.45. The quantitative estimate of drug-likeness (QED) is 0.429. The molecule has 0 aromatic heterocycles. The molecule has 3 N–H and O–H groups in total. The highest BCUT2D eigenvalue weighted by Crippen LogP contribution is 2.32. The van der Waals surface area contributed by atoms with Crippen molar-refractivity contribution in [1.29, 1.82) is 0 Å². The predicted octanol–water partition coefficient (Wildman–Crippen LogP) is 2.87. The Morgan fingerprint density at radius 2 is 1.50 bits per heavy atom. The molecule has 5 heteroatoms. The van der Waals surface area contributed by atoms with Crippen LogP contribution in [0.15, 0.2) is 0 Å². The van der Waals surface area contributed by atoms with Crippen LogP contribution in [0.1, 0.15) is 77.0 Å². The smallest absolute Gasteiger partial charge is 0.336 e. The lowest BCUT2D eigenvalue weighted by molar-refractivity contribution is -0.196.